The monoisotopic (exact) mass is 318 g/mol. The van der Waals surface area contributed by atoms with Crippen molar-refractivity contribution >= 4 is 17.4 Å². The number of carbonyl (C=O) groups is 1. The molecule has 8 heteroatoms. The zero-order chi connectivity index (χ0) is 16.2. The minimum atomic E-state index is 0.0448. The highest BCUT2D eigenvalue weighted by atomic mass is 16.5. The maximum absolute atomic E-state index is 12.2. The van der Waals surface area contributed by atoms with Crippen LogP contribution >= 0.6 is 0 Å². The second-order valence-corrected chi connectivity index (χ2v) is 5.95. The summed E-state index contributed by atoms with van der Waals surface area (Å²) < 4.78 is 6.72. The molecule has 1 N–H and O–H groups in total. The van der Waals surface area contributed by atoms with Gasteiger partial charge >= 0.3 is 0 Å². The van der Waals surface area contributed by atoms with E-state index in [2.05, 4.69) is 25.5 Å². The van der Waals surface area contributed by atoms with Gasteiger partial charge in [-0.1, -0.05) is 0 Å². The van der Waals surface area contributed by atoms with Crippen molar-refractivity contribution in [3.05, 3.63) is 18.5 Å². The molecule has 1 fully saturated rings. The van der Waals surface area contributed by atoms with E-state index in [1.807, 2.05) is 19.1 Å². The van der Waals surface area contributed by atoms with Gasteiger partial charge in [-0.05, 0) is 31.9 Å². The number of anilines is 1. The molecule has 1 saturated heterocycles. The Kier molecular flexibility index (Phi) is 4.71. The van der Waals surface area contributed by atoms with Crippen LogP contribution in [-0.4, -0.2) is 58.6 Å². The molecule has 0 bridgehead atoms. The Labute approximate surface area is 134 Å². The van der Waals surface area contributed by atoms with Gasteiger partial charge in [0, 0.05) is 32.2 Å². The van der Waals surface area contributed by atoms with Crippen molar-refractivity contribution in [2.24, 2.45) is 5.92 Å². The number of aromatic nitrogens is 4. The summed E-state index contributed by atoms with van der Waals surface area (Å²) in [5.41, 5.74) is 0.732. The first kappa shape index (κ1) is 15.7. The number of carbonyl (C=O) groups excluding carboxylic acids is 1. The van der Waals surface area contributed by atoms with Gasteiger partial charge in [-0.15, -0.1) is 15.3 Å². The minimum Gasteiger partial charge on any atom is -0.383 e. The molecular weight excluding hydrogens is 296 g/mol. The Bertz CT molecular complexity index is 665. The second-order valence-electron chi connectivity index (χ2n) is 5.95. The van der Waals surface area contributed by atoms with Crippen LogP contribution in [0, 0.1) is 5.92 Å². The fraction of sp³-hybridized carbons (Fsp3) is 0.600. The molecule has 0 aliphatic carbocycles. The van der Waals surface area contributed by atoms with Crippen molar-refractivity contribution in [1.29, 1.82) is 0 Å². The van der Waals surface area contributed by atoms with Crippen LogP contribution < -0.4 is 10.2 Å². The maximum Gasteiger partial charge on any atom is 0.223 e. The number of hydrogen-bond acceptors (Lipinski definition) is 6. The number of nitrogens with zero attached hydrogens (tertiary/aromatic N) is 5. The van der Waals surface area contributed by atoms with E-state index in [1.54, 1.807) is 18.0 Å². The Morgan fingerprint density at radius 2 is 2.22 bits per heavy atom. The van der Waals surface area contributed by atoms with Gasteiger partial charge in [-0.3, -0.25) is 4.79 Å². The third-order valence-corrected chi connectivity index (χ3v) is 4.14. The van der Waals surface area contributed by atoms with Crippen molar-refractivity contribution in [2.45, 2.75) is 25.8 Å². The van der Waals surface area contributed by atoms with Crippen molar-refractivity contribution in [2.75, 3.05) is 31.7 Å². The quantitative estimate of drug-likeness (QED) is 0.864. The van der Waals surface area contributed by atoms with E-state index in [9.17, 15) is 4.79 Å². The third-order valence-electron chi connectivity index (χ3n) is 4.14. The van der Waals surface area contributed by atoms with E-state index in [0.717, 1.165) is 37.4 Å². The lowest BCUT2D eigenvalue weighted by Crippen LogP contribution is -2.44. The zero-order valence-electron chi connectivity index (χ0n) is 13.5. The highest BCUT2D eigenvalue weighted by molar-refractivity contribution is 5.79. The lowest BCUT2D eigenvalue weighted by atomic mass is 9.95. The van der Waals surface area contributed by atoms with E-state index < -0.39 is 0 Å². The van der Waals surface area contributed by atoms with Crippen LogP contribution in [0.4, 0.5) is 5.82 Å². The van der Waals surface area contributed by atoms with Gasteiger partial charge in [0.25, 0.3) is 0 Å². The molecule has 0 spiro atoms. The molecule has 0 radical (unpaired) electrons. The predicted octanol–water partition coefficient (Wildman–Crippen LogP) is 0.492. The van der Waals surface area contributed by atoms with E-state index in [4.69, 9.17) is 4.74 Å². The van der Waals surface area contributed by atoms with Crippen molar-refractivity contribution < 1.29 is 9.53 Å². The van der Waals surface area contributed by atoms with Crippen LogP contribution in [-0.2, 0) is 9.53 Å². The van der Waals surface area contributed by atoms with Crippen LogP contribution in [0.25, 0.3) is 5.65 Å². The molecule has 2 aromatic rings. The first-order valence-electron chi connectivity index (χ1n) is 7.88. The molecular formula is C15H22N6O2. The fourth-order valence-corrected chi connectivity index (χ4v) is 2.91. The molecule has 1 aliphatic rings. The molecule has 0 unspecified atom stereocenters. The SMILES string of the molecule is COC[C@H](C)NC(=O)C1CCN(c2ccc3nncn3n2)CC1. The molecule has 3 heterocycles. The van der Waals surface area contributed by atoms with Gasteiger partial charge in [0.1, 0.15) is 12.1 Å². The summed E-state index contributed by atoms with van der Waals surface area (Å²) in [6.45, 7) is 4.12. The predicted molar refractivity (Wildman–Crippen MR) is 85.2 cm³/mol. The molecule has 8 nitrogen and oxygen atoms in total. The number of ether oxygens (including phenoxy) is 1. The zero-order valence-corrected chi connectivity index (χ0v) is 13.5. The van der Waals surface area contributed by atoms with Gasteiger partial charge in [0.15, 0.2) is 5.65 Å². The Balaban J connectivity index is 1.56. The van der Waals surface area contributed by atoms with Crippen molar-refractivity contribution in [1.82, 2.24) is 25.1 Å². The van der Waals surface area contributed by atoms with Gasteiger partial charge < -0.3 is 15.0 Å². The number of amides is 1. The number of rotatable bonds is 5. The Morgan fingerprint density at radius 1 is 1.43 bits per heavy atom. The maximum atomic E-state index is 12.2. The number of fused-ring (bicyclic) bond motifs is 1. The van der Waals surface area contributed by atoms with Crippen molar-refractivity contribution in [3.8, 4) is 0 Å². The standard InChI is InChI=1S/C15H22N6O2/c1-11(9-23-2)17-15(22)12-5-7-20(8-6-12)14-4-3-13-18-16-10-21(13)19-14/h3-4,10-12H,5-9H2,1-2H3,(H,17,22)/t11-/m0/s1. The number of hydrogen-bond donors (Lipinski definition) is 1. The molecule has 1 amide bonds. The lowest BCUT2D eigenvalue weighted by Gasteiger charge is -2.32. The van der Waals surface area contributed by atoms with Crippen LogP contribution in [0.2, 0.25) is 0 Å². The Morgan fingerprint density at radius 3 is 2.96 bits per heavy atom. The highest BCUT2D eigenvalue weighted by Crippen LogP contribution is 2.22. The summed E-state index contributed by atoms with van der Waals surface area (Å²) in [5.74, 6) is 1.07. The first-order chi connectivity index (χ1) is 11.2. The number of nitrogens with one attached hydrogen (secondary N) is 1. The molecule has 23 heavy (non-hydrogen) atoms. The summed E-state index contributed by atoms with van der Waals surface area (Å²) >= 11 is 0. The van der Waals surface area contributed by atoms with Crippen LogP contribution in [0.15, 0.2) is 18.5 Å². The topological polar surface area (TPSA) is 84.6 Å². The lowest BCUT2D eigenvalue weighted by molar-refractivity contribution is -0.126. The fourth-order valence-electron chi connectivity index (χ4n) is 2.91. The van der Waals surface area contributed by atoms with Gasteiger partial charge in [-0.2, -0.15) is 4.52 Å². The van der Waals surface area contributed by atoms with Gasteiger partial charge in [-0.25, -0.2) is 0 Å². The number of methoxy groups -OCH3 is 1. The average Bonchev–Trinajstić information content (AvgIpc) is 3.02. The molecule has 0 saturated carbocycles. The summed E-state index contributed by atoms with van der Waals surface area (Å²) in [5, 5.41) is 15.3. The molecule has 2 aromatic heterocycles. The first-order valence-corrected chi connectivity index (χ1v) is 7.88. The average molecular weight is 318 g/mol. The highest BCUT2D eigenvalue weighted by Gasteiger charge is 2.26. The molecule has 3 rings (SSSR count). The number of piperidine rings is 1. The third kappa shape index (κ3) is 3.58. The summed E-state index contributed by atoms with van der Waals surface area (Å²) in [6.07, 6.45) is 3.25. The van der Waals surface area contributed by atoms with Crippen LogP contribution in [0.1, 0.15) is 19.8 Å². The van der Waals surface area contributed by atoms with Gasteiger partial charge in [0.2, 0.25) is 5.91 Å². The molecule has 0 aromatic carbocycles. The summed E-state index contributed by atoms with van der Waals surface area (Å²) in [7, 11) is 1.64. The summed E-state index contributed by atoms with van der Waals surface area (Å²) in [4.78, 5) is 14.4. The van der Waals surface area contributed by atoms with Crippen LogP contribution in [0.5, 0.6) is 0 Å². The smallest absolute Gasteiger partial charge is 0.223 e. The largest absolute Gasteiger partial charge is 0.383 e. The van der Waals surface area contributed by atoms with E-state index in [0.29, 0.717) is 6.61 Å². The van der Waals surface area contributed by atoms with Crippen molar-refractivity contribution in [3.63, 3.8) is 0 Å². The minimum absolute atomic E-state index is 0.0448. The molecule has 124 valence electrons. The molecule has 1 aliphatic heterocycles. The Hall–Kier alpha value is -2.22. The van der Waals surface area contributed by atoms with Crippen LogP contribution in [0.3, 0.4) is 0 Å². The van der Waals surface area contributed by atoms with Gasteiger partial charge in [0.05, 0.1) is 6.61 Å². The second kappa shape index (κ2) is 6.91. The van der Waals surface area contributed by atoms with E-state index in [1.165, 1.54) is 0 Å². The molecule has 1 atom stereocenters. The van der Waals surface area contributed by atoms with E-state index in [-0.39, 0.29) is 17.9 Å². The summed E-state index contributed by atoms with van der Waals surface area (Å²) in [6, 6.07) is 3.90. The normalized spacial score (nSPS) is 17.4. The van der Waals surface area contributed by atoms with E-state index >= 15 is 0 Å².